The van der Waals surface area contributed by atoms with Crippen molar-refractivity contribution < 1.29 is 26.8 Å². The first-order valence-electron chi connectivity index (χ1n) is 22.6. The van der Waals surface area contributed by atoms with E-state index >= 15 is 0 Å². The van der Waals surface area contributed by atoms with Gasteiger partial charge in [0, 0.05) is 12.2 Å². The minimum Gasteiger partial charge on any atom is -0.0440 e. The Morgan fingerprint density at radius 3 is 1.77 bits per heavy atom. The molecule has 4 aliphatic heterocycles. The summed E-state index contributed by atoms with van der Waals surface area (Å²) < 4.78 is 0.243. The van der Waals surface area contributed by atoms with E-state index in [1.54, 1.807) is 0 Å². The molecule has 2 aromatic carbocycles. The van der Waals surface area contributed by atoms with Crippen molar-refractivity contribution in [2.75, 3.05) is 15.5 Å². The number of hydrogen-bond donors (Lipinski definition) is 2. The molecule has 7 aliphatic rings. The average Bonchev–Trinajstić information content (AvgIpc) is 3.88. The molecule has 11 rings (SSSR count). The molecule has 2 N–H and O–H groups in total. The SMILES string of the molecule is CC(C)(C)C1=CC=C(N2[C@@H](c3ccc4nc([C@@H]5CCCN5C(=O)C5(C)CC5(Cl)Cl)[nH]c4c3)CC[C@@H]2c2ccc3nc([C@@H]4CCCN4C(=O)C4(C)CC4(Cl)I4C[I-]4)[nH]c3c2)CCC1. The number of carbonyl (C=O) groups is 2. The first-order valence-corrected chi connectivity index (χ1v) is 34.2. The topological polar surface area (TPSA) is 101 Å². The van der Waals surface area contributed by atoms with Crippen molar-refractivity contribution in [1.82, 2.24) is 34.6 Å². The van der Waals surface area contributed by atoms with Crippen LogP contribution in [0.15, 0.2) is 59.8 Å². The Labute approximate surface area is 393 Å². The van der Waals surface area contributed by atoms with Gasteiger partial charge in [-0.25, -0.2) is 4.98 Å². The molecule has 9 nitrogen and oxygen atoms in total. The Bertz CT molecular complexity index is 2580. The number of halogens is 5. The quantitative estimate of drug-likeness (QED) is 0.136. The summed E-state index contributed by atoms with van der Waals surface area (Å²) in [6, 6.07) is 13.7. The van der Waals surface area contributed by atoms with Crippen molar-refractivity contribution >= 4 is 84.5 Å². The molecule has 2 aromatic heterocycles. The van der Waals surface area contributed by atoms with E-state index in [9.17, 15) is 9.59 Å². The molecule has 7 atom stereocenters. The van der Waals surface area contributed by atoms with E-state index in [0.717, 1.165) is 104 Å². The summed E-state index contributed by atoms with van der Waals surface area (Å²) in [5.41, 5.74) is 8.34. The summed E-state index contributed by atoms with van der Waals surface area (Å²) in [4.78, 5) is 52.3. The van der Waals surface area contributed by atoms with Crippen LogP contribution in [0.3, 0.4) is 0 Å². The van der Waals surface area contributed by atoms with Crippen molar-refractivity contribution in [3.05, 3.63) is 82.6 Å². The van der Waals surface area contributed by atoms with Gasteiger partial charge in [-0.05, 0) is 81.1 Å². The largest absolute Gasteiger partial charge is 0.0440 e. The number of rotatable bonds is 8. The molecule has 6 heterocycles. The number of amides is 2. The minimum atomic E-state index is -1.05. The van der Waals surface area contributed by atoms with Gasteiger partial charge in [-0.1, -0.05) is 38.5 Å². The van der Waals surface area contributed by atoms with E-state index in [1.165, 1.54) is 24.8 Å². The molecule has 62 heavy (non-hydrogen) atoms. The molecule has 3 unspecified atom stereocenters. The number of alkyl halides is 6. The third-order valence-electron chi connectivity index (χ3n) is 15.5. The number of hydrogen-bond acceptors (Lipinski definition) is 5. The normalized spacial score (nSPS) is 33.7. The van der Waals surface area contributed by atoms with E-state index in [-0.39, 0.29) is 49.7 Å². The van der Waals surface area contributed by atoms with Crippen LogP contribution < -0.4 is 17.2 Å². The number of aromatic nitrogens is 4. The molecule has 4 aromatic rings. The Morgan fingerprint density at radius 2 is 1.27 bits per heavy atom. The fourth-order valence-corrected chi connectivity index (χ4v) is 35.3. The third kappa shape index (κ3) is 6.90. The standard InChI is InChI=1S/C48H57Cl3I2N7O2/c1-44(2,3)30-9-6-10-31(16-15-30)60-36(28-13-17-32-34(23-28)56-40(54-32)38-11-7-21-58(38)42(61)45(4)25-47(45,49)50)19-20-37(60)29-14-18-33-35(24-29)57-41(55-33)39-12-8-22-59(39)43(62)46(5)26-48(46,51)53-27-52-53/h13-18,23-24,36-39H,6-12,19-22,25-27H2,1-5H3,(H,54,56)(H,55,57)/q-1/t36-,37-,38+,39+,45?,46?,48?/m1/s1. The predicted octanol–water partition coefficient (Wildman–Crippen LogP) is 9.10. The van der Waals surface area contributed by atoms with Crippen LogP contribution in [0.1, 0.15) is 152 Å². The Kier molecular flexibility index (Phi) is 10.3. The van der Waals surface area contributed by atoms with Crippen molar-refractivity contribution in [2.45, 2.75) is 137 Å². The van der Waals surface area contributed by atoms with Gasteiger partial charge < -0.3 is 9.88 Å². The number of H-pyrrole nitrogens is 2. The van der Waals surface area contributed by atoms with Gasteiger partial charge in [0.15, 0.2) is 0 Å². The smallest absolute Gasteiger partial charge is 0.0124 e. The molecule has 4 saturated heterocycles. The van der Waals surface area contributed by atoms with Crippen LogP contribution in [-0.4, -0.2) is 69.2 Å². The van der Waals surface area contributed by atoms with Crippen molar-refractivity contribution in [2.24, 2.45) is 16.2 Å². The third-order valence-corrected chi connectivity index (χ3v) is 36.9. The number of carbonyl (C=O) groups excluding carboxylic acids is 2. The van der Waals surface area contributed by atoms with Crippen molar-refractivity contribution in [3.8, 4) is 0 Å². The van der Waals surface area contributed by atoms with Crippen LogP contribution in [0.5, 0.6) is 0 Å². The second-order valence-corrected chi connectivity index (χ2v) is 42.4. The number of fused-ring (bicyclic) bond motifs is 2. The zero-order valence-electron chi connectivity index (χ0n) is 36.3. The fraction of sp³-hybridized carbons (Fsp3) is 0.583. The summed E-state index contributed by atoms with van der Waals surface area (Å²) in [6.45, 7) is 12.5. The summed E-state index contributed by atoms with van der Waals surface area (Å²) in [7, 11) is 0. The minimum absolute atomic E-state index is 0.0242. The number of nitrogens with zero attached hydrogens (tertiary/aromatic N) is 5. The number of imidazole rings is 2. The van der Waals surface area contributed by atoms with E-state index in [4.69, 9.17) is 44.8 Å². The van der Waals surface area contributed by atoms with Gasteiger partial charge in [-0.3, -0.25) is 4.79 Å². The van der Waals surface area contributed by atoms with Gasteiger partial charge in [-0.15, -0.1) is 23.2 Å². The fourth-order valence-electron chi connectivity index (χ4n) is 11.3. The van der Waals surface area contributed by atoms with Crippen LogP contribution >= 0.6 is 50.6 Å². The molecule has 3 aliphatic carbocycles. The monoisotopic (exact) mass is 1120 g/mol. The molecule has 2 saturated carbocycles. The Balaban J connectivity index is 0.897. The molecule has 332 valence electrons. The molecular weight excluding hydrogens is 1070 g/mol. The summed E-state index contributed by atoms with van der Waals surface area (Å²) in [6.07, 6.45) is 15.2. The van der Waals surface area contributed by atoms with Gasteiger partial charge in [0.1, 0.15) is 10.2 Å². The number of nitrogens with one attached hydrogen (secondary N) is 2. The van der Waals surface area contributed by atoms with Gasteiger partial charge >= 0.3 is 178 Å². The maximum absolute atomic E-state index is 14.2. The second-order valence-electron chi connectivity index (χ2n) is 20.5. The van der Waals surface area contributed by atoms with Gasteiger partial charge in [0.2, 0.25) is 5.91 Å². The second kappa shape index (κ2) is 15.0. The number of aromatic amines is 2. The average molecular weight is 1120 g/mol. The number of benzene rings is 2. The first kappa shape index (κ1) is 42.6. The molecule has 14 heteroatoms. The van der Waals surface area contributed by atoms with Crippen LogP contribution in [0.4, 0.5) is 0 Å². The van der Waals surface area contributed by atoms with Crippen LogP contribution in [0, 0.1) is 16.2 Å². The summed E-state index contributed by atoms with van der Waals surface area (Å²) in [5.74, 6) is 2.02. The van der Waals surface area contributed by atoms with Crippen molar-refractivity contribution in [3.63, 3.8) is 0 Å². The zero-order valence-corrected chi connectivity index (χ0v) is 42.9. The molecule has 0 bridgehead atoms. The van der Waals surface area contributed by atoms with E-state index in [1.807, 2.05) is 11.8 Å². The molecule has 6 fully saturated rings. The van der Waals surface area contributed by atoms with Gasteiger partial charge in [0.25, 0.3) is 0 Å². The van der Waals surface area contributed by atoms with E-state index < -0.39 is 25.6 Å². The molecule has 0 radical (unpaired) electrons. The van der Waals surface area contributed by atoms with Crippen LogP contribution in [0.2, 0.25) is 0 Å². The molecular formula is C48H57Cl3I2N7O2-. The van der Waals surface area contributed by atoms with Gasteiger partial charge in [-0.2, -0.15) is 0 Å². The maximum atomic E-state index is 14.2. The molecule has 0 spiro atoms. The number of allylic oxidation sites excluding steroid dienone is 4. The summed E-state index contributed by atoms with van der Waals surface area (Å²) >= 11 is 19.4. The zero-order chi connectivity index (χ0) is 43.1. The number of likely N-dealkylation sites (tertiary alicyclic amines) is 3. The Hall–Kier alpha value is -2.07. The molecule has 2 amide bonds. The maximum Gasteiger partial charge on any atom is -0.0124 e. The predicted molar refractivity (Wildman–Crippen MR) is 253 cm³/mol. The Morgan fingerprint density at radius 1 is 0.742 bits per heavy atom. The van der Waals surface area contributed by atoms with E-state index in [2.05, 4.69) is 96.0 Å². The van der Waals surface area contributed by atoms with Crippen molar-refractivity contribution in [1.29, 1.82) is 0 Å². The first-order chi connectivity index (χ1) is 29.5. The summed E-state index contributed by atoms with van der Waals surface area (Å²) in [5, 5.41) is 0. The van der Waals surface area contributed by atoms with E-state index in [0.29, 0.717) is 30.2 Å². The van der Waals surface area contributed by atoms with Crippen LogP contribution in [-0.2, 0) is 9.59 Å². The van der Waals surface area contributed by atoms with Crippen LogP contribution in [0.25, 0.3) is 22.1 Å². The van der Waals surface area contributed by atoms with Gasteiger partial charge in [0.05, 0.1) is 28.5 Å².